The molecule has 0 aliphatic carbocycles. The van der Waals surface area contributed by atoms with Crippen molar-refractivity contribution in [2.75, 3.05) is 0 Å². The maximum absolute atomic E-state index is 6.00. The molecule has 0 saturated carbocycles. The zero-order chi connectivity index (χ0) is 11.8. The number of imidazole rings is 1. The number of hydrogen-bond acceptors (Lipinski definition) is 1. The van der Waals surface area contributed by atoms with Crippen LogP contribution in [-0.2, 0) is 13.1 Å². The predicted molar refractivity (Wildman–Crippen MR) is 67.0 cm³/mol. The Bertz CT molecular complexity index is 286. The summed E-state index contributed by atoms with van der Waals surface area (Å²) in [7, 11) is 0. The van der Waals surface area contributed by atoms with Crippen LogP contribution >= 0.6 is 0 Å². The van der Waals surface area contributed by atoms with Crippen LogP contribution in [0.15, 0.2) is 18.7 Å². The summed E-state index contributed by atoms with van der Waals surface area (Å²) in [6.45, 7) is 6.58. The van der Waals surface area contributed by atoms with E-state index in [2.05, 4.69) is 41.7 Å². The van der Waals surface area contributed by atoms with Gasteiger partial charge in [0.25, 0.3) is 0 Å². The number of rotatable bonds is 8. The fourth-order valence-corrected chi connectivity index (χ4v) is 1.87. The summed E-state index contributed by atoms with van der Waals surface area (Å²) >= 11 is 0. The number of nitrogens with two attached hydrogens (primary N) is 1. The molecule has 3 nitrogen and oxygen atoms in total. The Hall–Kier alpha value is -0.540. The van der Waals surface area contributed by atoms with Gasteiger partial charge in [0.15, 0.2) is 0 Å². The molecule has 0 aliphatic heterocycles. The average Bonchev–Trinajstić information content (AvgIpc) is 2.72. The molecule has 0 amide bonds. The summed E-state index contributed by atoms with van der Waals surface area (Å²) < 4.78 is 4.50. The van der Waals surface area contributed by atoms with Crippen molar-refractivity contribution in [2.45, 2.75) is 65.1 Å². The number of unbranched alkanes of at least 4 members (excludes halogenated alkanes) is 1. The number of halogens is 1. The first kappa shape index (κ1) is 16.5. The summed E-state index contributed by atoms with van der Waals surface area (Å²) in [5.74, 6) is 0. The van der Waals surface area contributed by atoms with E-state index in [4.69, 9.17) is 5.73 Å². The lowest BCUT2D eigenvalue weighted by molar-refractivity contribution is -0.697. The van der Waals surface area contributed by atoms with Gasteiger partial charge in [-0.05, 0) is 12.8 Å². The molecular weight excluding hydrogens is 234 g/mol. The van der Waals surface area contributed by atoms with Crippen molar-refractivity contribution in [3.05, 3.63) is 18.7 Å². The zero-order valence-electron chi connectivity index (χ0n) is 11.1. The quantitative estimate of drug-likeness (QED) is 0.604. The number of hydrogen-bond donors (Lipinski definition) is 1. The van der Waals surface area contributed by atoms with Crippen molar-refractivity contribution in [1.29, 1.82) is 0 Å². The molecule has 17 heavy (non-hydrogen) atoms. The third kappa shape index (κ3) is 6.69. The SMILES string of the molecule is CCCCn1cc[n+](CCC(N)CCC)c1.[Cl-]. The molecule has 0 aromatic carbocycles. The van der Waals surface area contributed by atoms with Gasteiger partial charge in [0, 0.05) is 12.5 Å². The minimum Gasteiger partial charge on any atom is -1.00 e. The van der Waals surface area contributed by atoms with E-state index in [1.165, 1.54) is 19.3 Å². The lowest BCUT2D eigenvalue weighted by Gasteiger charge is -2.07. The largest absolute Gasteiger partial charge is 1.00 e. The van der Waals surface area contributed by atoms with Crippen molar-refractivity contribution >= 4 is 0 Å². The highest BCUT2D eigenvalue weighted by molar-refractivity contribution is 4.66. The van der Waals surface area contributed by atoms with Crippen LogP contribution in [0.2, 0.25) is 0 Å². The second kappa shape index (κ2) is 9.49. The Morgan fingerprint density at radius 1 is 1.24 bits per heavy atom. The van der Waals surface area contributed by atoms with Gasteiger partial charge in [-0.15, -0.1) is 0 Å². The maximum Gasteiger partial charge on any atom is 0.243 e. The van der Waals surface area contributed by atoms with Gasteiger partial charge in [-0.3, -0.25) is 0 Å². The molecule has 0 fully saturated rings. The Morgan fingerprint density at radius 3 is 2.65 bits per heavy atom. The molecule has 1 rings (SSSR count). The topological polar surface area (TPSA) is 34.8 Å². The van der Waals surface area contributed by atoms with E-state index in [-0.39, 0.29) is 12.4 Å². The van der Waals surface area contributed by atoms with Crippen LogP contribution in [0, 0.1) is 0 Å². The molecule has 1 aromatic rings. The Labute approximate surface area is 111 Å². The first-order chi connectivity index (χ1) is 7.76. The van der Waals surface area contributed by atoms with Crippen molar-refractivity contribution in [2.24, 2.45) is 5.73 Å². The van der Waals surface area contributed by atoms with Crippen molar-refractivity contribution in [3.8, 4) is 0 Å². The molecule has 0 radical (unpaired) electrons. The highest BCUT2D eigenvalue weighted by Gasteiger charge is 2.06. The average molecular weight is 260 g/mol. The molecule has 0 spiro atoms. The molecule has 0 aliphatic rings. The molecule has 1 aromatic heterocycles. The minimum atomic E-state index is 0. The molecule has 1 atom stereocenters. The van der Waals surface area contributed by atoms with Gasteiger partial charge in [-0.1, -0.05) is 26.7 Å². The highest BCUT2D eigenvalue weighted by atomic mass is 35.5. The normalized spacial score (nSPS) is 12.2. The second-order valence-electron chi connectivity index (χ2n) is 4.58. The van der Waals surface area contributed by atoms with Crippen LogP contribution in [0.3, 0.4) is 0 Å². The van der Waals surface area contributed by atoms with Gasteiger partial charge in [0.2, 0.25) is 6.33 Å². The second-order valence-corrected chi connectivity index (χ2v) is 4.58. The van der Waals surface area contributed by atoms with E-state index in [1.54, 1.807) is 0 Å². The first-order valence-corrected chi connectivity index (χ1v) is 6.56. The van der Waals surface area contributed by atoms with Crippen LogP contribution in [0.5, 0.6) is 0 Å². The van der Waals surface area contributed by atoms with E-state index >= 15 is 0 Å². The van der Waals surface area contributed by atoms with Gasteiger partial charge in [-0.2, -0.15) is 0 Å². The Morgan fingerprint density at radius 2 is 2.00 bits per heavy atom. The lowest BCUT2D eigenvalue weighted by atomic mass is 10.1. The Kier molecular flexibility index (Phi) is 9.18. The lowest BCUT2D eigenvalue weighted by Crippen LogP contribution is -3.00. The van der Waals surface area contributed by atoms with E-state index in [0.29, 0.717) is 6.04 Å². The molecule has 2 N–H and O–H groups in total. The molecule has 4 heteroatoms. The van der Waals surface area contributed by atoms with E-state index < -0.39 is 0 Å². The van der Waals surface area contributed by atoms with Crippen LogP contribution in [0.4, 0.5) is 0 Å². The monoisotopic (exact) mass is 259 g/mol. The van der Waals surface area contributed by atoms with Crippen molar-refractivity contribution in [1.82, 2.24) is 4.57 Å². The molecule has 0 saturated heterocycles. The summed E-state index contributed by atoms with van der Waals surface area (Å²) in [5, 5.41) is 0. The smallest absolute Gasteiger partial charge is 0.243 e. The summed E-state index contributed by atoms with van der Waals surface area (Å²) in [6, 6.07) is 0.358. The van der Waals surface area contributed by atoms with Gasteiger partial charge in [-0.25, -0.2) is 9.13 Å². The van der Waals surface area contributed by atoms with E-state index in [1.807, 2.05) is 0 Å². The maximum atomic E-state index is 6.00. The summed E-state index contributed by atoms with van der Waals surface area (Å²) in [6.07, 6.45) is 12.4. The van der Waals surface area contributed by atoms with Crippen molar-refractivity contribution < 1.29 is 17.0 Å². The van der Waals surface area contributed by atoms with Crippen molar-refractivity contribution in [3.63, 3.8) is 0 Å². The van der Waals surface area contributed by atoms with Gasteiger partial charge < -0.3 is 18.1 Å². The molecule has 1 unspecified atom stereocenters. The fourth-order valence-electron chi connectivity index (χ4n) is 1.87. The third-order valence-corrected chi connectivity index (χ3v) is 2.93. The van der Waals surface area contributed by atoms with Crippen LogP contribution in [0.25, 0.3) is 0 Å². The summed E-state index contributed by atoms with van der Waals surface area (Å²) in [5.41, 5.74) is 6.00. The fraction of sp³-hybridized carbons (Fsp3) is 0.769. The molecule has 100 valence electrons. The number of aryl methyl sites for hydroxylation is 2. The standard InChI is InChI=1S/C13H26N3.ClH/c1-3-5-8-15-10-11-16(12-15)9-7-13(14)6-4-2;/h10-13H,3-9,14H2,1-2H3;1H/q+1;/p-1. The van der Waals surface area contributed by atoms with Crippen LogP contribution < -0.4 is 22.7 Å². The van der Waals surface area contributed by atoms with Gasteiger partial charge in [0.1, 0.15) is 12.4 Å². The number of nitrogens with zero attached hydrogens (tertiary/aromatic N) is 2. The van der Waals surface area contributed by atoms with Crippen LogP contribution in [0.1, 0.15) is 46.0 Å². The Balaban J connectivity index is 0.00000256. The third-order valence-electron chi connectivity index (χ3n) is 2.93. The zero-order valence-corrected chi connectivity index (χ0v) is 11.9. The van der Waals surface area contributed by atoms with E-state index in [9.17, 15) is 0 Å². The molecular formula is C13H26ClN3. The summed E-state index contributed by atoms with van der Waals surface area (Å²) in [4.78, 5) is 0. The highest BCUT2D eigenvalue weighted by Crippen LogP contribution is 1.98. The van der Waals surface area contributed by atoms with Gasteiger partial charge >= 0.3 is 0 Å². The number of aromatic nitrogens is 2. The van der Waals surface area contributed by atoms with E-state index in [0.717, 1.165) is 25.9 Å². The molecule has 0 bridgehead atoms. The van der Waals surface area contributed by atoms with Crippen LogP contribution in [-0.4, -0.2) is 10.6 Å². The molecule has 1 heterocycles. The minimum absolute atomic E-state index is 0. The van der Waals surface area contributed by atoms with Gasteiger partial charge in [0.05, 0.1) is 13.1 Å². The first-order valence-electron chi connectivity index (χ1n) is 6.56. The predicted octanol–water partition coefficient (Wildman–Crippen LogP) is -0.903.